The van der Waals surface area contributed by atoms with Crippen LogP contribution in [0.25, 0.3) is 0 Å². The van der Waals surface area contributed by atoms with Crippen LogP contribution in [0.4, 0.5) is 5.69 Å². The molecule has 0 saturated heterocycles. The van der Waals surface area contributed by atoms with E-state index < -0.39 is 20.6 Å². The molecular weight excluding hydrogens is 298 g/mol. The van der Waals surface area contributed by atoms with Gasteiger partial charge in [-0.05, 0) is 12.1 Å². The summed E-state index contributed by atoms with van der Waals surface area (Å²) in [6.45, 7) is 0.194. The molecule has 0 atom stereocenters. The number of benzene rings is 1. The molecule has 0 bridgehead atoms. The van der Waals surface area contributed by atoms with Crippen molar-refractivity contribution >= 4 is 28.1 Å². The van der Waals surface area contributed by atoms with Gasteiger partial charge in [-0.2, -0.15) is 0 Å². The SMILES string of the molecule is COc1ccc(S(=O)(=O)NCCN)cc1[N+](=O)[O-].Cl. The molecule has 10 heteroatoms. The van der Waals surface area contributed by atoms with Crippen LogP contribution in [0.1, 0.15) is 0 Å². The second-order valence-electron chi connectivity index (χ2n) is 3.28. The Hall–Kier alpha value is -1.42. The van der Waals surface area contributed by atoms with Gasteiger partial charge in [-0.3, -0.25) is 10.1 Å². The minimum absolute atomic E-state index is 0. The molecule has 1 aromatic carbocycles. The van der Waals surface area contributed by atoms with Gasteiger partial charge in [-0.25, -0.2) is 13.1 Å². The van der Waals surface area contributed by atoms with Crippen LogP contribution >= 0.6 is 12.4 Å². The van der Waals surface area contributed by atoms with Crippen molar-refractivity contribution in [2.45, 2.75) is 4.90 Å². The topological polar surface area (TPSA) is 125 Å². The molecule has 0 aromatic heterocycles. The highest BCUT2D eigenvalue weighted by atomic mass is 35.5. The zero-order chi connectivity index (χ0) is 13.8. The number of nitrogens with zero attached hydrogens (tertiary/aromatic N) is 1. The molecule has 0 aliphatic heterocycles. The average molecular weight is 312 g/mol. The van der Waals surface area contributed by atoms with Crippen molar-refractivity contribution in [1.82, 2.24) is 4.72 Å². The highest BCUT2D eigenvalue weighted by Crippen LogP contribution is 2.29. The first-order valence-corrected chi connectivity index (χ1v) is 6.43. The first-order chi connectivity index (χ1) is 8.42. The molecule has 0 aliphatic carbocycles. The lowest BCUT2D eigenvalue weighted by Crippen LogP contribution is -2.29. The third kappa shape index (κ3) is 4.31. The number of hydrogen-bond acceptors (Lipinski definition) is 6. The van der Waals surface area contributed by atoms with E-state index in [2.05, 4.69) is 4.72 Å². The third-order valence-electron chi connectivity index (χ3n) is 2.09. The van der Waals surface area contributed by atoms with Crippen LogP contribution in [0.2, 0.25) is 0 Å². The van der Waals surface area contributed by atoms with Crippen molar-refractivity contribution in [2.24, 2.45) is 5.73 Å². The van der Waals surface area contributed by atoms with Gasteiger partial charge in [0.05, 0.1) is 16.9 Å². The summed E-state index contributed by atoms with van der Waals surface area (Å²) < 4.78 is 30.5. The van der Waals surface area contributed by atoms with Gasteiger partial charge in [0.25, 0.3) is 0 Å². The Balaban J connectivity index is 0.00000324. The quantitative estimate of drug-likeness (QED) is 0.573. The molecule has 108 valence electrons. The number of nitrogens with two attached hydrogens (primary N) is 1. The molecular formula is C9H14ClN3O5S. The number of hydrogen-bond donors (Lipinski definition) is 2. The van der Waals surface area contributed by atoms with Crippen LogP contribution in [0.15, 0.2) is 23.1 Å². The van der Waals surface area contributed by atoms with Gasteiger partial charge in [0.15, 0.2) is 5.75 Å². The fourth-order valence-electron chi connectivity index (χ4n) is 1.26. The Morgan fingerprint density at radius 1 is 1.47 bits per heavy atom. The predicted molar refractivity (Wildman–Crippen MR) is 71.1 cm³/mol. The van der Waals surface area contributed by atoms with Crippen LogP contribution < -0.4 is 15.2 Å². The van der Waals surface area contributed by atoms with E-state index in [1.807, 2.05) is 0 Å². The molecule has 19 heavy (non-hydrogen) atoms. The van der Waals surface area contributed by atoms with Crippen LogP contribution in [0.5, 0.6) is 5.75 Å². The maximum absolute atomic E-state index is 11.7. The van der Waals surface area contributed by atoms with Crippen molar-refractivity contribution in [2.75, 3.05) is 20.2 Å². The second-order valence-corrected chi connectivity index (χ2v) is 5.04. The Kier molecular flexibility index (Phi) is 6.70. The number of ether oxygens (including phenoxy) is 1. The van der Waals surface area contributed by atoms with Gasteiger partial charge in [-0.1, -0.05) is 0 Å². The van der Waals surface area contributed by atoms with E-state index in [0.29, 0.717) is 0 Å². The monoisotopic (exact) mass is 311 g/mol. The van der Waals surface area contributed by atoms with Crippen LogP contribution in [-0.2, 0) is 10.0 Å². The van der Waals surface area contributed by atoms with Gasteiger partial charge < -0.3 is 10.5 Å². The lowest BCUT2D eigenvalue weighted by atomic mass is 10.3. The van der Waals surface area contributed by atoms with Crippen LogP contribution in [0.3, 0.4) is 0 Å². The lowest BCUT2D eigenvalue weighted by molar-refractivity contribution is -0.386. The fraction of sp³-hybridized carbons (Fsp3) is 0.333. The summed E-state index contributed by atoms with van der Waals surface area (Å²) in [7, 11) is -2.53. The number of nitro groups is 1. The van der Waals surface area contributed by atoms with E-state index in [1.165, 1.54) is 19.2 Å². The van der Waals surface area contributed by atoms with E-state index in [9.17, 15) is 18.5 Å². The Labute approximate surface area is 116 Å². The lowest BCUT2D eigenvalue weighted by Gasteiger charge is -2.07. The first kappa shape index (κ1) is 17.6. The molecule has 0 aliphatic rings. The summed E-state index contributed by atoms with van der Waals surface area (Å²) >= 11 is 0. The van der Waals surface area contributed by atoms with Gasteiger partial charge in [0, 0.05) is 19.2 Å². The van der Waals surface area contributed by atoms with E-state index in [-0.39, 0.29) is 36.1 Å². The van der Waals surface area contributed by atoms with Crippen molar-refractivity contribution in [3.05, 3.63) is 28.3 Å². The Morgan fingerprint density at radius 3 is 2.58 bits per heavy atom. The minimum atomic E-state index is -3.79. The summed E-state index contributed by atoms with van der Waals surface area (Å²) in [5, 5.41) is 10.8. The molecule has 0 unspecified atom stereocenters. The second kappa shape index (κ2) is 7.24. The molecule has 3 N–H and O–H groups in total. The summed E-state index contributed by atoms with van der Waals surface area (Å²) in [6, 6.07) is 3.40. The summed E-state index contributed by atoms with van der Waals surface area (Å²) in [6.07, 6.45) is 0. The maximum Gasteiger partial charge on any atom is 0.312 e. The number of nitrogens with one attached hydrogen (secondary N) is 1. The molecule has 0 saturated carbocycles. The Morgan fingerprint density at radius 2 is 2.11 bits per heavy atom. The molecule has 0 heterocycles. The molecule has 0 spiro atoms. The van der Waals surface area contributed by atoms with Gasteiger partial charge in [-0.15, -0.1) is 12.4 Å². The molecule has 0 fully saturated rings. The smallest absolute Gasteiger partial charge is 0.312 e. The van der Waals surface area contributed by atoms with Crippen molar-refractivity contribution in [3.8, 4) is 5.75 Å². The van der Waals surface area contributed by atoms with E-state index in [1.54, 1.807) is 0 Å². The fourth-order valence-corrected chi connectivity index (χ4v) is 2.32. The van der Waals surface area contributed by atoms with Crippen LogP contribution in [-0.4, -0.2) is 33.5 Å². The van der Waals surface area contributed by atoms with Gasteiger partial charge in [0.2, 0.25) is 10.0 Å². The highest BCUT2D eigenvalue weighted by Gasteiger charge is 2.21. The molecule has 1 aromatic rings. The molecule has 1 rings (SSSR count). The van der Waals surface area contributed by atoms with Crippen molar-refractivity contribution in [3.63, 3.8) is 0 Å². The number of nitro benzene ring substituents is 1. The van der Waals surface area contributed by atoms with Crippen molar-refractivity contribution < 1.29 is 18.1 Å². The van der Waals surface area contributed by atoms with Gasteiger partial charge in [0.1, 0.15) is 0 Å². The number of halogens is 1. The maximum atomic E-state index is 11.7. The largest absolute Gasteiger partial charge is 0.490 e. The number of rotatable bonds is 6. The Bertz CT molecular complexity index is 549. The van der Waals surface area contributed by atoms with Crippen molar-refractivity contribution in [1.29, 1.82) is 0 Å². The summed E-state index contributed by atoms with van der Waals surface area (Å²) in [5.41, 5.74) is 4.77. The minimum Gasteiger partial charge on any atom is -0.490 e. The number of methoxy groups -OCH3 is 1. The molecule has 0 radical (unpaired) electrons. The average Bonchev–Trinajstić information content (AvgIpc) is 2.35. The zero-order valence-electron chi connectivity index (χ0n) is 10.0. The summed E-state index contributed by atoms with van der Waals surface area (Å²) in [5.74, 6) is -0.00206. The van der Waals surface area contributed by atoms with E-state index >= 15 is 0 Å². The standard InChI is InChI=1S/C9H13N3O5S.ClH/c1-17-9-3-2-7(6-8(9)12(13)14)18(15,16)11-5-4-10;/h2-3,6,11H,4-5,10H2,1H3;1H. The van der Waals surface area contributed by atoms with Gasteiger partial charge >= 0.3 is 5.69 Å². The highest BCUT2D eigenvalue weighted by molar-refractivity contribution is 7.89. The predicted octanol–water partition coefficient (Wildman–Crippen LogP) is 0.262. The molecule has 8 nitrogen and oxygen atoms in total. The zero-order valence-corrected chi connectivity index (χ0v) is 11.7. The third-order valence-corrected chi connectivity index (χ3v) is 3.55. The normalized spacial score (nSPS) is 10.6. The summed E-state index contributed by atoms with van der Waals surface area (Å²) in [4.78, 5) is 9.85. The van der Waals surface area contributed by atoms with E-state index in [0.717, 1.165) is 6.07 Å². The number of sulfonamides is 1. The van der Waals surface area contributed by atoms with E-state index in [4.69, 9.17) is 10.5 Å². The molecule has 0 amide bonds. The first-order valence-electron chi connectivity index (χ1n) is 4.94. The van der Waals surface area contributed by atoms with Crippen LogP contribution in [0, 0.1) is 10.1 Å².